The van der Waals surface area contributed by atoms with Gasteiger partial charge in [-0.25, -0.2) is 9.97 Å². The van der Waals surface area contributed by atoms with Gasteiger partial charge in [-0.05, 0) is 24.7 Å². The first-order valence-corrected chi connectivity index (χ1v) is 5.47. The highest BCUT2D eigenvalue weighted by molar-refractivity contribution is 5.57. The van der Waals surface area contributed by atoms with Gasteiger partial charge >= 0.3 is 0 Å². The van der Waals surface area contributed by atoms with Crippen LogP contribution in [0.2, 0.25) is 0 Å². The van der Waals surface area contributed by atoms with Gasteiger partial charge in [0.25, 0.3) is 0 Å². The van der Waals surface area contributed by atoms with Crippen LogP contribution in [0, 0.1) is 0 Å². The lowest BCUT2D eigenvalue weighted by Crippen LogP contribution is -2.14. The maximum atomic E-state index is 5.49. The van der Waals surface area contributed by atoms with E-state index in [1.54, 1.807) is 18.6 Å². The molecule has 17 heavy (non-hydrogen) atoms. The van der Waals surface area contributed by atoms with E-state index < -0.39 is 0 Å². The van der Waals surface area contributed by atoms with E-state index in [4.69, 9.17) is 5.73 Å². The average molecular weight is 229 g/mol. The average Bonchev–Trinajstić information content (AvgIpc) is 2.40. The fraction of sp³-hybridized carbons (Fsp3) is 0.250. The number of rotatable bonds is 4. The monoisotopic (exact) mass is 229 g/mol. The first-order chi connectivity index (χ1) is 8.31. The number of aromatic nitrogens is 3. The molecule has 2 aromatic heterocycles. The predicted molar refractivity (Wildman–Crippen MR) is 67.1 cm³/mol. The third-order valence-corrected chi connectivity index (χ3v) is 2.44. The molecule has 0 saturated carbocycles. The number of anilines is 2. The normalized spacial score (nSPS) is 10.2. The first kappa shape index (κ1) is 11.5. The number of hydrogen-bond donors (Lipinski definition) is 1. The minimum absolute atomic E-state index is 0.556. The molecule has 2 aromatic rings. The Bertz CT molecular complexity index is 471. The lowest BCUT2D eigenvalue weighted by atomic mass is 10.3. The molecule has 2 heterocycles. The molecule has 2 rings (SSSR count). The molecule has 0 amide bonds. The van der Waals surface area contributed by atoms with Crippen molar-refractivity contribution < 1.29 is 0 Å². The molecule has 0 aliphatic carbocycles. The zero-order valence-electron chi connectivity index (χ0n) is 9.74. The summed E-state index contributed by atoms with van der Waals surface area (Å²) in [5.41, 5.74) is 6.48. The van der Waals surface area contributed by atoms with Gasteiger partial charge in [0, 0.05) is 25.9 Å². The van der Waals surface area contributed by atoms with E-state index in [1.165, 1.54) is 0 Å². The molecular formula is C12H15N5. The van der Waals surface area contributed by atoms with E-state index in [2.05, 4.69) is 15.0 Å². The van der Waals surface area contributed by atoms with Crippen molar-refractivity contribution in [2.24, 2.45) is 5.73 Å². The molecule has 0 spiro atoms. The van der Waals surface area contributed by atoms with E-state index in [0.717, 1.165) is 17.3 Å². The second kappa shape index (κ2) is 5.36. The van der Waals surface area contributed by atoms with Crippen molar-refractivity contribution in [2.45, 2.75) is 6.42 Å². The molecule has 0 aromatic carbocycles. The van der Waals surface area contributed by atoms with Crippen molar-refractivity contribution in [3.8, 4) is 0 Å². The Morgan fingerprint density at radius 1 is 1.29 bits per heavy atom. The van der Waals surface area contributed by atoms with Gasteiger partial charge < -0.3 is 10.6 Å². The highest BCUT2D eigenvalue weighted by Gasteiger charge is 2.06. The number of nitrogens with zero attached hydrogens (tertiary/aromatic N) is 4. The lowest BCUT2D eigenvalue weighted by molar-refractivity contribution is 0.861. The molecule has 0 atom stereocenters. The molecule has 0 radical (unpaired) electrons. The second-order valence-corrected chi connectivity index (χ2v) is 3.64. The third-order valence-electron chi connectivity index (χ3n) is 2.44. The van der Waals surface area contributed by atoms with Crippen molar-refractivity contribution in [1.29, 1.82) is 0 Å². The number of hydrogen-bond acceptors (Lipinski definition) is 5. The van der Waals surface area contributed by atoms with Gasteiger partial charge in [-0.2, -0.15) is 0 Å². The van der Waals surface area contributed by atoms with Crippen LogP contribution in [-0.4, -0.2) is 28.5 Å². The standard InChI is InChI=1S/C12H15N5/c1-17(10-3-2-7-14-9-10)12-5-8-15-11(16-12)4-6-13/h2-3,5,7-9H,4,6,13H2,1H3. The molecule has 5 nitrogen and oxygen atoms in total. The summed E-state index contributed by atoms with van der Waals surface area (Å²) in [6.07, 6.45) is 5.98. The van der Waals surface area contributed by atoms with Crippen molar-refractivity contribution in [2.75, 3.05) is 18.5 Å². The van der Waals surface area contributed by atoms with Gasteiger partial charge in [-0.1, -0.05) is 0 Å². The summed E-state index contributed by atoms with van der Waals surface area (Å²) < 4.78 is 0. The third kappa shape index (κ3) is 2.76. The maximum Gasteiger partial charge on any atom is 0.136 e. The molecule has 5 heteroatoms. The molecule has 0 unspecified atom stereocenters. The SMILES string of the molecule is CN(c1cccnc1)c1ccnc(CCN)n1. The van der Waals surface area contributed by atoms with Crippen LogP contribution in [0.25, 0.3) is 0 Å². The smallest absolute Gasteiger partial charge is 0.136 e. The van der Waals surface area contributed by atoms with Crippen LogP contribution in [0.4, 0.5) is 11.5 Å². The predicted octanol–water partition coefficient (Wildman–Crippen LogP) is 1.14. The van der Waals surface area contributed by atoms with Crippen molar-refractivity contribution in [1.82, 2.24) is 15.0 Å². The van der Waals surface area contributed by atoms with E-state index in [9.17, 15) is 0 Å². The van der Waals surface area contributed by atoms with Gasteiger partial charge in [0.1, 0.15) is 11.6 Å². The molecule has 0 saturated heterocycles. The Kier molecular flexibility index (Phi) is 3.62. The van der Waals surface area contributed by atoms with E-state index in [0.29, 0.717) is 13.0 Å². The minimum Gasteiger partial charge on any atom is -0.330 e. The topological polar surface area (TPSA) is 67.9 Å². The highest BCUT2D eigenvalue weighted by atomic mass is 15.2. The van der Waals surface area contributed by atoms with Crippen LogP contribution in [-0.2, 0) is 6.42 Å². The van der Waals surface area contributed by atoms with Crippen LogP contribution in [0.1, 0.15) is 5.82 Å². The van der Waals surface area contributed by atoms with E-state index in [1.807, 2.05) is 30.1 Å². The van der Waals surface area contributed by atoms with Crippen LogP contribution < -0.4 is 10.6 Å². The van der Waals surface area contributed by atoms with Gasteiger partial charge in [-0.3, -0.25) is 4.98 Å². The molecule has 0 aliphatic rings. The first-order valence-electron chi connectivity index (χ1n) is 5.47. The quantitative estimate of drug-likeness (QED) is 0.851. The summed E-state index contributed by atoms with van der Waals surface area (Å²) >= 11 is 0. The van der Waals surface area contributed by atoms with Crippen molar-refractivity contribution in [3.63, 3.8) is 0 Å². The maximum absolute atomic E-state index is 5.49. The zero-order chi connectivity index (χ0) is 12.1. The van der Waals surface area contributed by atoms with Gasteiger partial charge in [-0.15, -0.1) is 0 Å². The fourth-order valence-electron chi connectivity index (χ4n) is 1.51. The van der Waals surface area contributed by atoms with Crippen LogP contribution in [0.5, 0.6) is 0 Å². The van der Waals surface area contributed by atoms with Crippen molar-refractivity contribution >= 4 is 11.5 Å². The van der Waals surface area contributed by atoms with E-state index in [-0.39, 0.29) is 0 Å². The second-order valence-electron chi connectivity index (χ2n) is 3.64. The van der Waals surface area contributed by atoms with Crippen LogP contribution in [0.15, 0.2) is 36.8 Å². The largest absolute Gasteiger partial charge is 0.330 e. The highest BCUT2D eigenvalue weighted by Crippen LogP contribution is 2.19. The molecule has 0 aliphatic heterocycles. The summed E-state index contributed by atoms with van der Waals surface area (Å²) in [6.45, 7) is 0.556. The van der Waals surface area contributed by atoms with Crippen molar-refractivity contribution in [3.05, 3.63) is 42.6 Å². The van der Waals surface area contributed by atoms with Gasteiger partial charge in [0.05, 0.1) is 11.9 Å². The summed E-state index contributed by atoms with van der Waals surface area (Å²) in [4.78, 5) is 14.7. The van der Waals surface area contributed by atoms with Crippen LogP contribution >= 0.6 is 0 Å². The van der Waals surface area contributed by atoms with Crippen LogP contribution in [0.3, 0.4) is 0 Å². The lowest BCUT2D eigenvalue weighted by Gasteiger charge is -2.17. The molecule has 0 fully saturated rings. The van der Waals surface area contributed by atoms with Gasteiger partial charge in [0.2, 0.25) is 0 Å². The number of nitrogens with two attached hydrogens (primary N) is 1. The molecule has 88 valence electrons. The Hall–Kier alpha value is -2.01. The Balaban J connectivity index is 2.25. The van der Waals surface area contributed by atoms with E-state index >= 15 is 0 Å². The minimum atomic E-state index is 0.556. The fourth-order valence-corrected chi connectivity index (χ4v) is 1.51. The summed E-state index contributed by atoms with van der Waals surface area (Å²) in [5.74, 6) is 1.61. The zero-order valence-corrected chi connectivity index (χ0v) is 9.74. The summed E-state index contributed by atoms with van der Waals surface area (Å²) in [6, 6.07) is 5.75. The molecule has 0 bridgehead atoms. The van der Waals surface area contributed by atoms with Gasteiger partial charge in [0.15, 0.2) is 0 Å². The Morgan fingerprint density at radius 3 is 2.88 bits per heavy atom. The summed E-state index contributed by atoms with van der Waals surface area (Å²) in [7, 11) is 1.95. The molecule has 2 N–H and O–H groups in total. The summed E-state index contributed by atoms with van der Waals surface area (Å²) in [5, 5.41) is 0. The number of pyridine rings is 1. The Labute approximate surface area is 100 Å². The molecular weight excluding hydrogens is 214 g/mol. The Morgan fingerprint density at radius 2 is 2.18 bits per heavy atom.